The molecular formula is C20H20N2O5. The molecule has 3 aromatic rings. The first-order valence-corrected chi connectivity index (χ1v) is 8.12. The summed E-state index contributed by atoms with van der Waals surface area (Å²) < 4.78 is 21.4. The van der Waals surface area contributed by atoms with Gasteiger partial charge in [-0.3, -0.25) is 4.98 Å². The van der Waals surface area contributed by atoms with E-state index in [4.69, 9.17) is 18.9 Å². The molecule has 7 nitrogen and oxygen atoms in total. The second-order valence-electron chi connectivity index (χ2n) is 5.61. The van der Waals surface area contributed by atoms with Gasteiger partial charge in [-0.2, -0.15) is 0 Å². The highest BCUT2D eigenvalue weighted by Gasteiger charge is 2.17. The Bertz CT molecular complexity index is 1000. The third kappa shape index (κ3) is 3.31. The Morgan fingerprint density at radius 1 is 0.815 bits per heavy atom. The minimum atomic E-state index is 0.300. The van der Waals surface area contributed by atoms with Crippen molar-refractivity contribution in [1.82, 2.24) is 4.98 Å². The van der Waals surface area contributed by atoms with Crippen LogP contribution in [-0.4, -0.2) is 44.3 Å². The second kappa shape index (κ2) is 7.82. The lowest BCUT2D eigenvalue weighted by Crippen LogP contribution is -2.08. The Hall–Kier alpha value is -3.48. The minimum absolute atomic E-state index is 0.300. The van der Waals surface area contributed by atoms with Gasteiger partial charge in [-0.25, -0.2) is 0 Å². The monoisotopic (exact) mass is 368 g/mol. The maximum Gasteiger partial charge on any atom is 0.161 e. The van der Waals surface area contributed by atoms with E-state index in [0.717, 1.165) is 10.8 Å². The van der Waals surface area contributed by atoms with E-state index in [0.29, 0.717) is 40.0 Å². The van der Waals surface area contributed by atoms with E-state index in [9.17, 15) is 5.21 Å². The van der Waals surface area contributed by atoms with E-state index in [2.05, 4.69) is 10.1 Å². The summed E-state index contributed by atoms with van der Waals surface area (Å²) in [4.78, 5) is 4.42. The van der Waals surface area contributed by atoms with Crippen LogP contribution < -0.4 is 18.9 Å². The normalized spacial score (nSPS) is 11.3. The van der Waals surface area contributed by atoms with Crippen LogP contribution in [0.25, 0.3) is 10.8 Å². The van der Waals surface area contributed by atoms with Crippen molar-refractivity contribution in [3.05, 3.63) is 53.9 Å². The average Bonchev–Trinajstić information content (AvgIpc) is 2.73. The summed E-state index contributed by atoms with van der Waals surface area (Å²) in [7, 11) is 6.25. The van der Waals surface area contributed by atoms with Crippen LogP contribution >= 0.6 is 0 Å². The number of aromatic nitrogens is 1. The number of hydrogen-bond acceptors (Lipinski definition) is 7. The summed E-state index contributed by atoms with van der Waals surface area (Å²) in [5.41, 5.74) is 1.43. The zero-order chi connectivity index (χ0) is 19.4. The van der Waals surface area contributed by atoms with Gasteiger partial charge in [0, 0.05) is 17.1 Å². The van der Waals surface area contributed by atoms with Gasteiger partial charge >= 0.3 is 0 Å². The fourth-order valence-electron chi connectivity index (χ4n) is 2.91. The Morgan fingerprint density at radius 2 is 1.44 bits per heavy atom. The van der Waals surface area contributed by atoms with Gasteiger partial charge in [0.15, 0.2) is 23.0 Å². The van der Waals surface area contributed by atoms with Crippen LogP contribution in [0.3, 0.4) is 0 Å². The van der Waals surface area contributed by atoms with Crippen LogP contribution in [0.15, 0.2) is 47.8 Å². The molecule has 140 valence electrons. The van der Waals surface area contributed by atoms with Gasteiger partial charge in [-0.05, 0) is 41.8 Å². The first-order chi connectivity index (χ1) is 13.2. The van der Waals surface area contributed by atoms with Crippen LogP contribution in [0.4, 0.5) is 0 Å². The Balaban J connectivity index is 2.20. The van der Waals surface area contributed by atoms with Crippen molar-refractivity contribution >= 4 is 16.5 Å². The van der Waals surface area contributed by atoms with Crippen LogP contribution in [0.2, 0.25) is 0 Å². The molecule has 7 heteroatoms. The fraction of sp³-hybridized carbons (Fsp3) is 0.200. The Morgan fingerprint density at radius 3 is 2.07 bits per heavy atom. The van der Waals surface area contributed by atoms with E-state index < -0.39 is 0 Å². The van der Waals surface area contributed by atoms with E-state index in [1.165, 1.54) is 0 Å². The zero-order valence-corrected chi connectivity index (χ0v) is 15.5. The molecule has 0 atom stereocenters. The topological polar surface area (TPSA) is 82.4 Å². The van der Waals surface area contributed by atoms with E-state index in [1.807, 2.05) is 18.2 Å². The highest BCUT2D eigenvalue weighted by Crippen LogP contribution is 2.34. The smallest absolute Gasteiger partial charge is 0.161 e. The number of oxime groups is 1. The predicted molar refractivity (Wildman–Crippen MR) is 102 cm³/mol. The third-order valence-corrected chi connectivity index (χ3v) is 4.25. The van der Waals surface area contributed by atoms with Gasteiger partial charge in [-0.15, -0.1) is 0 Å². The lowest BCUT2D eigenvalue weighted by atomic mass is 10.0. The lowest BCUT2D eigenvalue weighted by Gasteiger charge is -2.13. The maximum absolute atomic E-state index is 9.73. The van der Waals surface area contributed by atoms with Gasteiger partial charge in [0.1, 0.15) is 11.4 Å². The molecule has 0 fully saturated rings. The lowest BCUT2D eigenvalue weighted by molar-refractivity contribution is 0.319. The van der Waals surface area contributed by atoms with Crippen LogP contribution in [0.5, 0.6) is 23.0 Å². The fourth-order valence-corrected chi connectivity index (χ4v) is 2.91. The highest BCUT2D eigenvalue weighted by molar-refractivity contribution is 6.18. The number of ether oxygens (including phenoxy) is 4. The summed E-state index contributed by atoms with van der Waals surface area (Å²) in [5.74, 6) is 2.27. The molecule has 0 amide bonds. The first kappa shape index (κ1) is 18.3. The molecule has 0 spiro atoms. The molecule has 0 saturated carbocycles. The molecule has 0 bridgehead atoms. The SMILES string of the molecule is COc1ccc(C(=NO)c2nccc3cc(OC)c(OC)cc23)cc1OC. The number of hydrogen-bond donors (Lipinski definition) is 1. The summed E-state index contributed by atoms with van der Waals surface area (Å²) >= 11 is 0. The highest BCUT2D eigenvalue weighted by atomic mass is 16.5. The first-order valence-electron chi connectivity index (χ1n) is 8.12. The minimum Gasteiger partial charge on any atom is -0.493 e. The molecular weight excluding hydrogens is 348 g/mol. The number of benzene rings is 2. The van der Waals surface area contributed by atoms with E-state index in [-0.39, 0.29) is 0 Å². The molecule has 2 aromatic carbocycles. The maximum atomic E-state index is 9.73. The van der Waals surface area contributed by atoms with E-state index in [1.54, 1.807) is 52.8 Å². The van der Waals surface area contributed by atoms with Crippen molar-refractivity contribution in [3.8, 4) is 23.0 Å². The van der Waals surface area contributed by atoms with Crippen molar-refractivity contribution < 1.29 is 24.2 Å². The van der Waals surface area contributed by atoms with Crippen LogP contribution in [0, 0.1) is 0 Å². The number of nitrogens with zero attached hydrogens (tertiary/aromatic N) is 2. The van der Waals surface area contributed by atoms with Gasteiger partial charge in [0.2, 0.25) is 0 Å². The van der Waals surface area contributed by atoms with Gasteiger partial charge in [0.05, 0.1) is 28.4 Å². The molecule has 1 N–H and O–H groups in total. The molecule has 0 aliphatic heterocycles. The van der Waals surface area contributed by atoms with Gasteiger partial charge in [0.25, 0.3) is 0 Å². The van der Waals surface area contributed by atoms with E-state index >= 15 is 0 Å². The predicted octanol–water partition coefficient (Wildman–Crippen LogP) is 3.50. The Kier molecular flexibility index (Phi) is 5.30. The molecule has 0 aliphatic rings. The summed E-state index contributed by atoms with van der Waals surface area (Å²) in [6, 6.07) is 10.8. The molecule has 1 aromatic heterocycles. The van der Waals surface area contributed by atoms with Crippen molar-refractivity contribution in [2.45, 2.75) is 0 Å². The van der Waals surface area contributed by atoms with Crippen LogP contribution in [0.1, 0.15) is 11.3 Å². The van der Waals surface area contributed by atoms with Gasteiger partial charge in [-0.1, -0.05) is 5.16 Å². The Labute approximate surface area is 156 Å². The summed E-state index contributed by atoms with van der Waals surface area (Å²) in [6.45, 7) is 0. The molecule has 0 aliphatic carbocycles. The van der Waals surface area contributed by atoms with Crippen molar-refractivity contribution in [2.75, 3.05) is 28.4 Å². The standard InChI is InChI=1S/C20H20N2O5/c1-24-15-6-5-13(10-16(15)25-2)19(22-23)20-14-11-18(27-4)17(26-3)9-12(14)7-8-21-20/h5-11,23H,1-4H3. The molecule has 3 rings (SSSR count). The molecule has 0 saturated heterocycles. The molecule has 0 unspecified atom stereocenters. The number of pyridine rings is 1. The van der Waals surface area contributed by atoms with Crippen LogP contribution in [-0.2, 0) is 0 Å². The average molecular weight is 368 g/mol. The summed E-state index contributed by atoms with van der Waals surface area (Å²) in [6.07, 6.45) is 1.65. The van der Waals surface area contributed by atoms with Crippen molar-refractivity contribution in [2.24, 2.45) is 5.16 Å². The second-order valence-corrected chi connectivity index (χ2v) is 5.61. The number of rotatable bonds is 6. The molecule has 0 radical (unpaired) electrons. The van der Waals surface area contributed by atoms with Crippen molar-refractivity contribution in [1.29, 1.82) is 0 Å². The zero-order valence-electron chi connectivity index (χ0n) is 15.5. The number of methoxy groups -OCH3 is 4. The quantitative estimate of drug-likeness (QED) is 0.407. The van der Waals surface area contributed by atoms with Gasteiger partial charge < -0.3 is 24.2 Å². The molecule has 27 heavy (non-hydrogen) atoms. The van der Waals surface area contributed by atoms with Crippen molar-refractivity contribution in [3.63, 3.8) is 0 Å². The number of fused-ring (bicyclic) bond motifs is 1. The summed E-state index contributed by atoms with van der Waals surface area (Å²) in [5, 5.41) is 14.9. The largest absolute Gasteiger partial charge is 0.493 e. The molecule has 1 heterocycles. The third-order valence-electron chi connectivity index (χ3n) is 4.25.